The average molecular weight is 198 g/mol. The number of hydrogen-bond acceptors (Lipinski definition) is 2. The molecule has 0 radical (unpaired) electrons. The molecule has 1 fully saturated rings. The average Bonchev–Trinajstić information content (AvgIpc) is 2.11. The first-order chi connectivity index (χ1) is 6.50. The molecule has 1 aliphatic heterocycles. The minimum atomic E-state index is 0.324. The van der Waals surface area contributed by atoms with Crippen molar-refractivity contribution in [2.45, 2.75) is 40.2 Å². The molecule has 0 aromatic carbocycles. The lowest BCUT2D eigenvalue weighted by Crippen LogP contribution is -2.43. The molecule has 2 heteroatoms. The van der Waals surface area contributed by atoms with Crippen LogP contribution in [0, 0.1) is 17.8 Å². The fraction of sp³-hybridized carbons (Fsp3) is 1.00. The molecule has 2 N–H and O–H groups in total. The number of likely N-dealkylation sites (tertiary alicyclic amines) is 1. The lowest BCUT2D eigenvalue weighted by molar-refractivity contribution is 0.119. The van der Waals surface area contributed by atoms with Gasteiger partial charge in [0, 0.05) is 19.1 Å². The van der Waals surface area contributed by atoms with E-state index in [0.717, 1.165) is 11.8 Å². The van der Waals surface area contributed by atoms with Gasteiger partial charge in [-0.1, -0.05) is 20.8 Å². The van der Waals surface area contributed by atoms with E-state index < -0.39 is 0 Å². The second-order valence-corrected chi connectivity index (χ2v) is 5.34. The molecule has 0 spiro atoms. The van der Waals surface area contributed by atoms with Crippen molar-refractivity contribution in [3.8, 4) is 0 Å². The Bertz CT molecular complexity index is 168. The Morgan fingerprint density at radius 1 is 1.29 bits per heavy atom. The van der Waals surface area contributed by atoms with Gasteiger partial charge >= 0.3 is 0 Å². The minimum absolute atomic E-state index is 0.324. The Kier molecular flexibility index (Phi) is 4.39. The molecule has 0 aliphatic carbocycles. The summed E-state index contributed by atoms with van der Waals surface area (Å²) >= 11 is 0. The Hall–Kier alpha value is -0.0800. The van der Waals surface area contributed by atoms with Gasteiger partial charge in [0.2, 0.25) is 0 Å². The van der Waals surface area contributed by atoms with E-state index in [1.807, 2.05) is 0 Å². The lowest BCUT2D eigenvalue weighted by Gasteiger charge is -2.37. The topological polar surface area (TPSA) is 29.3 Å². The van der Waals surface area contributed by atoms with Crippen molar-refractivity contribution in [1.29, 1.82) is 0 Å². The fourth-order valence-electron chi connectivity index (χ4n) is 2.09. The smallest absolute Gasteiger partial charge is 0.00483 e. The normalized spacial score (nSPS) is 34.1. The molecule has 1 aliphatic rings. The van der Waals surface area contributed by atoms with E-state index in [-0.39, 0.29) is 0 Å². The van der Waals surface area contributed by atoms with Crippen LogP contribution in [0.4, 0.5) is 0 Å². The van der Waals surface area contributed by atoms with Gasteiger partial charge < -0.3 is 10.6 Å². The molecule has 0 amide bonds. The van der Waals surface area contributed by atoms with Crippen LogP contribution in [0.1, 0.15) is 34.1 Å². The predicted molar refractivity (Wildman–Crippen MR) is 62.2 cm³/mol. The molecule has 2 nitrogen and oxygen atoms in total. The highest BCUT2D eigenvalue weighted by Crippen LogP contribution is 2.23. The largest absolute Gasteiger partial charge is 0.328 e. The first-order valence-electron chi connectivity index (χ1n) is 5.98. The van der Waals surface area contributed by atoms with Crippen LogP contribution in [0.3, 0.4) is 0 Å². The summed E-state index contributed by atoms with van der Waals surface area (Å²) in [5.41, 5.74) is 5.89. The molecule has 1 saturated heterocycles. The van der Waals surface area contributed by atoms with Crippen LogP contribution in [0.15, 0.2) is 0 Å². The van der Waals surface area contributed by atoms with Crippen molar-refractivity contribution in [3.05, 3.63) is 0 Å². The summed E-state index contributed by atoms with van der Waals surface area (Å²) in [6.07, 6.45) is 1.35. The standard InChI is InChI=1S/C12H26N2/c1-9-5-6-14(7-10(9)2)8-11(3)12(4)13/h9-12H,5-8,13H2,1-4H3. The summed E-state index contributed by atoms with van der Waals surface area (Å²) in [6, 6.07) is 0.324. The Morgan fingerprint density at radius 3 is 2.43 bits per heavy atom. The van der Waals surface area contributed by atoms with Gasteiger partial charge in [-0.25, -0.2) is 0 Å². The van der Waals surface area contributed by atoms with Gasteiger partial charge in [0.1, 0.15) is 0 Å². The molecular formula is C12H26N2. The van der Waals surface area contributed by atoms with E-state index in [1.165, 1.54) is 26.1 Å². The SMILES string of the molecule is CC(N)C(C)CN1CCC(C)C(C)C1. The number of rotatable bonds is 3. The Balaban J connectivity index is 2.33. The molecule has 4 atom stereocenters. The predicted octanol–water partition coefficient (Wildman–Crippen LogP) is 1.95. The van der Waals surface area contributed by atoms with Crippen LogP contribution in [0.2, 0.25) is 0 Å². The maximum Gasteiger partial charge on any atom is 0.00483 e. The van der Waals surface area contributed by atoms with Crippen molar-refractivity contribution in [2.75, 3.05) is 19.6 Å². The molecule has 0 aromatic heterocycles. The molecule has 0 bridgehead atoms. The molecule has 14 heavy (non-hydrogen) atoms. The molecule has 1 heterocycles. The van der Waals surface area contributed by atoms with Crippen molar-refractivity contribution in [1.82, 2.24) is 4.90 Å². The van der Waals surface area contributed by atoms with E-state index in [4.69, 9.17) is 5.73 Å². The molecule has 84 valence electrons. The van der Waals surface area contributed by atoms with E-state index >= 15 is 0 Å². The first kappa shape index (κ1) is 12.0. The van der Waals surface area contributed by atoms with E-state index in [0.29, 0.717) is 12.0 Å². The van der Waals surface area contributed by atoms with Gasteiger partial charge in [-0.05, 0) is 37.6 Å². The van der Waals surface area contributed by atoms with Gasteiger partial charge in [-0.15, -0.1) is 0 Å². The van der Waals surface area contributed by atoms with E-state index in [9.17, 15) is 0 Å². The third kappa shape index (κ3) is 3.25. The second kappa shape index (κ2) is 5.13. The van der Waals surface area contributed by atoms with Crippen LogP contribution in [-0.2, 0) is 0 Å². The second-order valence-electron chi connectivity index (χ2n) is 5.34. The zero-order valence-electron chi connectivity index (χ0n) is 10.2. The summed E-state index contributed by atoms with van der Waals surface area (Å²) in [7, 11) is 0. The maximum absolute atomic E-state index is 5.89. The van der Waals surface area contributed by atoms with Gasteiger partial charge in [-0.3, -0.25) is 0 Å². The monoisotopic (exact) mass is 198 g/mol. The fourth-order valence-corrected chi connectivity index (χ4v) is 2.09. The van der Waals surface area contributed by atoms with E-state index in [1.54, 1.807) is 0 Å². The number of nitrogens with zero attached hydrogens (tertiary/aromatic N) is 1. The molecule has 1 rings (SSSR count). The summed E-state index contributed by atoms with van der Waals surface area (Å²) in [5.74, 6) is 2.37. The van der Waals surface area contributed by atoms with Crippen LogP contribution < -0.4 is 5.73 Å². The van der Waals surface area contributed by atoms with Crippen LogP contribution in [-0.4, -0.2) is 30.6 Å². The van der Waals surface area contributed by atoms with Crippen LogP contribution in [0.5, 0.6) is 0 Å². The number of piperidine rings is 1. The summed E-state index contributed by atoms with van der Waals surface area (Å²) < 4.78 is 0. The lowest BCUT2D eigenvalue weighted by atomic mass is 9.88. The third-order valence-electron chi connectivity index (χ3n) is 3.86. The van der Waals surface area contributed by atoms with Gasteiger partial charge in [0.15, 0.2) is 0 Å². The third-order valence-corrected chi connectivity index (χ3v) is 3.86. The van der Waals surface area contributed by atoms with Crippen LogP contribution >= 0.6 is 0 Å². The van der Waals surface area contributed by atoms with Crippen molar-refractivity contribution < 1.29 is 0 Å². The van der Waals surface area contributed by atoms with Crippen molar-refractivity contribution >= 4 is 0 Å². The maximum atomic E-state index is 5.89. The minimum Gasteiger partial charge on any atom is -0.328 e. The highest BCUT2D eigenvalue weighted by Gasteiger charge is 2.23. The van der Waals surface area contributed by atoms with Crippen LogP contribution in [0.25, 0.3) is 0 Å². The number of hydrogen-bond donors (Lipinski definition) is 1. The Labute approximate surface area is 88.8 Å². The molecule has 4 unspecified atom stereocenters. The van der Waals surface area contributed by atoms with Crippen molar-refractivity contribution in [3.63, 3.8) is 0 Å². The quantitative estimate of drug-likeness (QED) is 0.751. The van der Waals surface area contributed by atoms with Crippen molar-refractivity contribution in [2.24, 2.45) is 23.5 Å². The first-order valence-corrected chi connectivity index (χ1v) is 5.98. The molecule has 0 saturated carbocycles. The van der Waals surface area contributed by atoms with Gasteiger partial charge in [0.05, 0.1) is 0 Å². The number of nitrogens with two attached hydrogens (primary N) is 1. The zero-order valence-corrected chi connectivity index (χ0v) is 10.2. The van der Waals surface area contributed by atoms with Gasteiger partial charge in [0.25, 0.3) is 0 Å². The van der Waals surface area contributed by atoms with Gasteiger partial charge in [-0.2, -0.15) is 0 Å². The summed E-state index contributed by atoms with van der Waals surface area (Å²) in [5, 5.41) is 0. The van der Waals surface area contributed by atoms with E-state index in [2.05, 4.69) is 32.6 Å². The highest BCUT2D eigenvalue weighted by molar-refractivity contribution is 4.77. The zero-order chi connectivity index (χ0) is 10.7. The highest BCUT2D eigenvalue weighted by atomic mass is 15.1. The summed E-state index contributed by atoms with van der Waals surface area (Å²) in [6.45, 7) is 12.8. The summed E-state index contributed by atoms with van der Waals surface area (Å²) in [4.78, 5) is 2.58. The Morgan fingerprint density at radius 2 is 1.93 bits per heavy atom. The molecule has 0 aromatic rings. The molecular weight excluding hydrogens is 172 g/mol.